The van der Waals surface area contributed by atoms with Crippen molar-refractivity contribution in [1.29, 1.82) is 0 Å². The van der Waals surface area contributed by atoms with E-state index in [2.05, 4.69) is 10.6 Å². The molecule has 1 aromatic carbocycles. The summed E-state index contributed by atoms with van der Waals surface area (Å²) in [6.07, 6.45) is 4.38. The lowest BCUT2D eigenvalue weighted by Crippen LogP contribution is -2.22. The highest BCUT2D eigenvalue weighted by Crippen LogP contribution is 2.19. The third-order valence-electron chi connectivity index (χ3n) is 3.51. The molecule has 0 radical (unpaired) electrons. The minimum Gasteiger partial charge on any atom is -0.341 e. The average molecular weight is 287 g/mol. The van der Waals surface area contributed by atoms with Gasteiger partial charge in [-0.25, -0.2) is 4.39 Å². The van der Waals surface area contributed by atoms with Gasteiger partial charge >= 0.3 is 0 Å². The molecule has 2 aromatic rings. The van der Waals surface area contributed by atoms with Crippen molar-refractivity contribution in [3.05, 3.63) is 54.1 Å². The monoisotopic (exact) mass is 287 g/mol. The molecule has 2 N–H and O–H groups in total. The average Bonchev–Trinajstić information content (AvgIpc) is 3.20. The topological polar surface area (TPSA) is 46.1 Å². The van der Waals surface area contributed by atoms with E-state index in [1.165, 1.54) is 25.0 Å². The molecule has 0 atom stereocenters. The molecule has 1 aliphatic rings. The summed E-state index contributed by atoms with van der Waals surface area (Å²) in [4.78, 5) is 12.0. The molecule has 1 heterocycles. The minimum absolute atomic E-state index is 0.120. The van der Waals surface area contributed by atoms with Gasteiger partial charge in [0.05, 0.1) is 0 Å². The summed E-state index contributed by atoms with van der Waals surface area (Å²) >= 11 is 0. The molecule has 5 heteroatoms. The molecular weight excluding hydrogens is 269 g/mol. The van der Waals surface area contributed by atoms with E-state index in [9.17, 15) is 9.18 Å². The van der Waals surface area contributed by atoms with Gasteiger partial charge in [-0.3, -0.25) is 4.79 Å². The van der Waals surface area contributed by atoms with Gasteiger partial charge in [-0.15, -0.1) is 0 Å². The quantitative estimate of drug-likeness (QED) is 0.857. The molecule has 1 aromatic heterocycles. The van der Waals surface area contributed by atoms with Crippen molar-refractivity contribution in [2.75, 3.05) is 5.32 Å². The number of halogens is 1. The van der Waals surface area contributed by atoms with E-state index in [4.69, 9.17) is 0 Å². The van der Waals surface area contributed by atoms with E-state index >= 15 is 0 Å². The summed E-state index contributed by atoms with van der Waals surface area (Å²) in [5.74, 6) is -0.433. The number of carbonyl (C=O) groups is 1. The van der Waals surface area contributed by atoms with Crippen LogP contribution in [-0.2, 0) is 17.9 Å². The Hall–Kier alpha value is -2.14. The molecule has 3 rings (SSSR count). The summed E-state index contributed by atoms with van der Waals surface area (Å²) in [6.45, 7) is 1.04. The first kappa shape index (κ1) is 13.8. The van der Waals surface area contributed by atoms with Crippen molar-refractivity contribution in [2.45, 2.75) is 32.0 Å². The Morgan fingerprint density at radius 3 is 2.71 bits per heavy atom. The molecule has 1 saturated carbocycles. The predicted molar refractivity (Wildman–Crippen MR) is 79.3 cm³/mol. The molecular formula is C16H18FN3O. The number of nitrogens with one attached hydrogen (secondary N) is 2. The van der Waals surface area contributed by atoms with E-state index in [1.54, 1.807) is 12.1 Å². The second-order valence-electron chi connectivity index (χ2n) is 5.34. The standard InChI is InChI=1S/C16H18FN3O/c17-12-3-5-14(6-4-12)19-16(21)11-20-9-1-2-15(20)10-18-13-7-8-13/h1-6,9,13,18H,7-8,10-11H2,(H,19,21). The first-order chi connectivity index (χ1) is 10.2. The van der Waals surface area contributed by atoms with E-state index in [-0.39, 0.29) is 18.3 Å². The summed E-state index contributed by atoms with van der Waals surface area (Å²) in [5, 5.41) is 6.20. The molecule has 21 heavy (non-hydrogen) atoms. The predicted octanol–water partition coefficient (Wildman–Crippen LogP) is 2.52. The third kappa shape index (κ3) is 3.92. The van der Waals surface area contributed by atoms with Crippen LogP contribution in [0, 0.1) is 5.82 Å². The van der Waals surface area contributed by atoms with Gasteiger partial charge in [0.25, 0.3) is 0 Å². The zero-order valence-corrected chi connectivity index (χ0v) is 11.7. The number of rotatable bonds is 6. The summed E-state index contributed by atoms with van der Waals surface area (Å²) in [6, 6.07) is 10.4. The summed E-state index contributed by atoms with van der Waals surface area (Å²) < 4.78 is 14.7. The lowest BCUT2D eigenvalue weighted by molar-refractivity contribution is -0.116. The molecule has 1 fully saturated rings. The maximum atomic E-state index is 12.8. The molecule has 0 unspecified atom stereocenters. The third-order valence-corrected chi connectivity index (χ3v) is 3.51. The molecule has 0 aliphatic heterocycles. The van der Waals surface area contributed by atoms with Crippen LogP contribution in [0.5, 0.6) is 0 Å². The molecule has 1 amide bonds. The van der Waals surface area contributed by atoms with Gasteiger partial charge in [0.15, 0.2) is 0 Å². The Bertz CT molecular complexity index is 617. The fourth-order valence-electron chi connectivity index (χ4n) is 2.19. The number of anilines is 1. The van der Waals surface area contributed by atoms with Crippen LogP contribution >= 0.6 is 0 Å². The molecule has 0 saturated heterocycles. The van der Waals surface area contributed by atoms with Gasteiger partial charge in [0.2, 0.25) is 5.91 Å². The Labute approximate surface area is 123 Å². The zero-order valence-electron chi connectivity index (χ0n) is 11.7. The van der Waals surface area contributed by atoms with E-state index in [1.807, 2.05) is 22.9 Å². The van der Waals surface area contributed by atoms with E-state index in [0.717, 1.165) is 12.2 Å². The Balaban J connectivity index is 1.56. The highest BCUT2D eigenvalue weighted by atomic mass is 19.1. The Morgan fingerprint density at radius 2 is 2.00 bits per heavy atom. The van der Waals surface area contributed by atoms with Crippen molar-refractivity contribution in [1.82, 2.24) is 9.88 Å². The number of benzene rings is 1. The van der Waals surface area contributed by atoms with Crippen molar-refractivity contribution in [2.24, 2.45) is 0 Å². The number of aromatic nitrogens is 1. The summed E-state index contributed by atoms with van der Waals surface area (Å²) in [7, 11) is 0. The number of nitrogens with zero attached hydrogens (tertiary/aromatic N) is 1. The van der Waals surface area contributed by atoms with Crippen LogP contribution in [-0.4, -0.2) is 16.5 Å². The first-order valence-corrected chi connectivity index (χ1v) is 7.13. The van der Waals surface area contributed by atoms with E-state index < -0.39 is 0 Å². The maximum absolute atomic E-state index is 12.8. The normalized spacial score (nSPS) is 14.1. The number of amides is 1. The number of hydrogen-bond acceptors (Lipinski definition) is 2. The van der Waals surface area contributed by atoms with Crippen LogP contribution in [0.4, 0.5) is 10.1 Å². The van der Waals surface area contributed by atoms with Crippen LogP contribution in [0.25, 0.3) is 0 Å². The van der Waals surface area contributed by atoms with Crippen molar-refractivity contribution in [3.63, 3.8) is 0 Å². The van der Waals surface area contributed by atoms with Gasteiger partial charge in [-0.05, 0) is 49.2 Å². The summed E-state index contributed by atoms with van der Waals surface area (Å²) in [5.41, 5.74) is 1.70. The highest BCUT2D eigenvalue weighted by molar-refractivity contribution is 5.90. The largest absolute Gasteiger partial charge is 0.341 e. The fourth-order valence-corrected chi connectivity index (χ4v) is 2.19. The SMILES string of the molecule is O=C(Cn1cccc1CNC1CC1)Nc1ccc(F)cc1. The van der Waals surface area contributed by atoms with Crippen molar-refractivity contribution in [3.8, 4) is 0 Å². The Kier molecular flexibility index (Phi) is 4.01. The zero-order chi connectivity index (χ0) is 14.7. The highest BCUT2D eigenvalue weighted by Gasteiger charge is 2.20. The van der Waals surface area contributed by atoms with Crippen LogP contribution in [0.15, 0.2) is 42.6 Å². The maximum Gasteiger partial charge on any atom is 0.244 e. The van der Waals surface area contributed by atoms with Gasteiger partial charge < -0.3 is 15.2 Å². The molecule has 1 aliphatic carbocycles. The minimum atomic E-state index is -0.313. The lowest BCUT2D eigenvalue weighted by Gasteiger charge is -2.10. The molecule has 110 valence electrons. The van der Waals surface area contributed by atoms with Gasteiger partial charge in [-0.2, -0.15) is 0 Å². The van der Waals surface area contributed by atoms with Gasteiger partial charge in [0, 0.05) is 30.2 Å². The van der Waals surface area contributed by atoms with Gasteiger partial charge in [0.1, 0.15) is 12.4 Å². The molecule has 0 spiro atoms. The van der Waals surface area contributed by atoms with Crippen LogP contribution in [0.2, 0.25) is 0 Å². The molecule has 4 nitrogen and oxygen atoms in total. The van der Waals surface area contributed by atoms with Crippen LogP contribution in [0.3, 0.4) is 0 Å². The smallest absolute Gasteiger partial charge is 0.244 e. The van der Waals surface area contributed by atoms with Gasteiger partial charge in [-0.1, -0.05) is 0 Å². The molecule has 0 bridgehead atoms. The Morgan fingerprint density at radius 1 is 1.24 bits per heavy atom. The van der Waals surface area contributed by atoms with Crippen molar-refractivity contribution >= 4 is 11.6 Å². The second kappa shape index (κ2) is 6.10. The van der Waals surface area contributed by atoms with Crippen LogP contribution in [0.1, 0.15) is 18.5 Å². The number of hydrogen-bond donors (Lipinski definition) is 2. The lowest BCUT2D eigenvalue weighted by atomic mass is 10.3. The van der Waals surface area contributed by atoms with Crippen molar-refractivity contribution < 1.29 is 9.18 Å². The fraction of sp³-hybridized carbons (Fsp3) is 0.312. The number of carbonyl (C=O) groups excluding carboxylic acids is 1. The van der Waals surface area contributed by atoms with E-state index in [0.29, 0.717) is 11.7 Å². The van der Waals surface area contributed by atoms with Crippen LogP contribution < -0.4 is 10.6 Å². The second-order valence-corrected chi connectivity index (χ2v) is 5.34. The first-order valence-electron chi connectivity index (χ1n) is 7.13.